The number of nitrogens with zero attached hydrogens (tertiary/aromatic N) is 2. The molecule has 1 atom stereocenters. The van der Waals surface area contributed by atoms with Gasteiger partial charge in [-0.1, -0.05) is 45.4 Å². The zero-order chi connectivity index (χ0) is 14.6. The van der Waals surface area contributed by atoms with E-state index in [4.69, 9.17) is 4.74 Å². The molecule has 0 fully saturated rings. The number of nitrogens with one attached hydrogen (secondary N) is 1. The van der Waals surface area contributed by atoms with Crippen LogP contribution in [0, 0.1) is 0 Å². The molecular weight excluding hydrogens is 254 g/mol. The molecule has 1 aliphatic heterocycles. The SMILES string of the molecule is CCCCCCCCCOCC(=O)NC1CC=NN1C. The molecule has 1 heterocycles. The van der Waals surface area contributed by atoms with Crippen LogP contribution in [0.25, 0.3) is 0 Å². The lowest BCUT2D eigenvalue weighted by Crippen LogP contribution is -2.43. The van der Waals surface area contributed by atoms with Crippen molar-refractivity contribution in [3.63, 3.8) is 0 Å². The summed E-state index contributed by atoms with van der Waals surface area (Å²) < 4.78 is 5.40. The summed E-state index contributed by atoms with van der Waals surface area (Å²) in [6.45, 7) is 3.06. The molecule has 0 saturated carbocycles. The summed E-state index contributed by atoms with van der Waals surface area (Å²) in [5.74, 6) is -0.0599. The fourth-order valence-corrected chi connectivity index (χ4v) is 2.21. The smallest absolute Gasteiger partial charge is 0.247 e. The van der Waals surface area contributed by atoms with Crippen LogP contribution in [0.1, 0.15) is 58.3 Å². The maximum atomic E-state index is 11.6. The van der Waals surface area contributed by atoms with E-state index in [9.17, 15) is 4.79 Å². The molecule has 0 aromatic heterocycles. The van der Waals surface area contributed by atoms with Gasteiger partial charge in [-0.2, -0.15) is 5.10 Å². The minimum Gasteiger partial charge on any atom is -0.372 e. The highest BCUT2D eigenvalue weighted by Gasteiger charge is 2.18. The first-order valence-corrected chi connectivity index (χ1v) is 7.86. The van der Waals surface area contributed by atoms with Gasteiger partial charge in [0.15, 0.2) is 0 Å². The number of rotatable bonds is 11. The number of hydrazone groups is 1. The molecule has 1 aliphatic rings. The summed E-state index contributed by atoms with van der Waals surface area (Å²) in [7, 11) is 1.86. The molecule has 0 spiro atoms. The van der Waals surface area contributed by atoms with E-state index in [0.717, 1.165) is 12.8 Å². The molecule has 116 valence electrons. The Bertz CT molecular complexity index is 295. The van der Waals surface area contributed by atoms with E-state index in [0.29, 0.717) is 6.61 Å². The summed E-state index contributed by atoms with van der Waals surface area (Å²) >= 11 is 0. The molecule has 0 aliphatic carbocycles. The zero-order valence-corrected chi connectivity index (χ0v) is 12.9. The standard InChI is InChI=1S/C15H29N3O2/c1-3-4-5-6-7-8-9-12-20-13-15(19)17-14-10-11-16-18(14)2/h11,14H,3-10,12-13H2,1-2H3,(H,17,19). The van der Waals surface area contributed by atoms with E-state index in [1.165, 1.54) is 38.5 Å². The minimum absolute atomic E-state index is 0.00957. The van der Waals surface area contributed by atoms with E-state index >= 15 is 0 Å². The lowest BCUT2D eigenvalue weighted by atomic mass is 10.1. The molecule has 20 heavy (non-hydrogen) atoms. The molecule has 1 amide bonds. The van der Waals surface area contributed by atoms with Crippen LogP contribution in [-0.2, 0) is 9.53 Å². The Morgan fingerprint density at radius 3 is 2.65 bits per heavy atom. The number of hydrogen-bond acceptors (Lipinski definition) is 4. The third-order valence-corrected chi connectivity index (χ3v) is 3.50. The van der Waals surface area contributed by atoms with Crippen LogP contribution in [0.2, 0.25) is 0 Å². The van der Waals surface area contributed by atoms with Crippen molar-refractivity contribution in [3.05, 3.63) is 0 Å². The average Bonchev–Trinajstić information content (AvgIpc) is 2.82. The van der Waals surface area contributed by atoms with Gasteiger partial charge in [0.2, 0.25) is 5.91 Å². The minimum atomic E-state index is -0.0599. The summed E-state index contributed by atoms with van der Waals surface area (Å²) in [5, 5.41) is 8.72. The average molecular weight is 283 g/mol. The molecular formula is C15H29N3O2. The van der Waals surface area contributed by atoms with Crippen molar-refractivity contribution >= 4 is 12.1 Å². The molecule has 0 aromatic rings. The number of amides is 1. The van der Waals surface area contributed by atoms with Crippen molar-refractivity contribution in [1.82, 2.24) is 10.3 Å². The Labute approximate surface area is 122 Å². The number of hydrogen-bond donors (Lipinski definition) is 1. The molecule has 0 bridgehead atoms. The lowest BCUT2D eigenvalue weighted by Gasteiger charge is -2.20. The Balaban J connectivity index is 1.87. The zero-order valence-electron chi connectivity index (χ0n) is 12.9. The normalized spacial score (nSPS) is 17.7. The van der Waals surface area contributed by atoms with Gasteiger partial charge in [-0.05, 0) is 6.42 Å². The van der Waals surface area contributed by atoms with Crippen LogP contribution >= 0.6 is 0 Å². The first-order valence-electron chi connectivity index (χ1n) is 7.86. The summed E-state index contributed by atoms with van der Waals surface area (Å²) in [6, 6.07) is 0. The van der Waals surface area contributed by atoms with Crippen LogP contribution in [-0.4, -0.2) is 43.6 Å². The van der Waals surface area contributed by atoms with E-state index in [-0.39, 0.29) is 18.7 Å². The molecule has 0 saturated heterocycles. The number of ether oxygens (including phenoxy) is 1. The van der Waals surface area contributed by atoms with Gasteiger partial charge in [-0.3, -0.25) is 9.80 Å². The largest absolute Gasteiger partial charge is 0.372 e. The molecule has 0 radical (unpaired) electrons. The van der Waals surface area contributed by atoms with Gasteiger partial charge in [-0.25, -0.2) is 0 Å². The monoisotopic (exact) mass is 283 g/mol. The van der Waals surface area contributed by atoms with Gasteiger partial charge < -0.3 is 10.1 Å². The molecule has 0 aromatic carbocycles. The number of unbranched alkanes of at least 4 members (excludes halogenated alkanes) is 6. The second-order valence-electron chi connectivity index (χ2n) is 5.36. The van der Waals surface area contributed by atoms with Gasteiger partial charge in [0, 0.05) is 26.3 Å². The predicted molar refractivity (Wildman–Crippen MR) is 81.6 cm³/mol. The molecule has 5 nitrogen and oxygen atoms in total. The lowest BCUT2D eigenvalue weighted by molar-refractivity contribution is -0.127. The van der Waals surface area contributed by atoms with Gasteiger partial charge in [0.25, 0.3) is 0 Å². The molecule has 1 rings (SSSR count). The van der Waals surface area contributed by atoms with Crippen molar-refractivity contribution in [2.24, 2.45) is 5.10 Å². The van der Waals surface area contributed by atoms with E-state index < -0.39 is 0 Å². The third kappa shape index (κ3) is 7.48. The summed E-state index contributed by atoms with van der Waals surface area (Å²) in [4.78, 5) is 11.6. The highest BCUT2D eigenvalue weighted by Crippen LogP contribution is 2.07. The van der Waals surface area contributed by atoms with Gasteiger partial charge in [-0.15, -0.1) is 0 Å². The maximum absolute atomic E-state index is 11.6. The highest BCUT2D eigenvalue weighted by molar-refractivity contribution is 5.78. The van der Waals surface area contributed by atoms with Crippen LogP contribution in [0.5, 0.6) is 0 Å². The predicted octanol–water partition coefficient (Wildman–Crippen LogP) is 2.52. The van der Waals surface area contributed by atoms with Crippen LogP contribution in [0.4, 0.5) is 0 Å². The van der Waals surface area contributed by atoms with Crippen molar-refractivity contribution in [2.45, 2.75) is 64.5 Å². The third-order valence-electron chi connectivity index (χ3n) is 3.50. The van der Waals surface area contributed by atoms with E-state index in [1.54, 1.807) is 5.01 Å². The Morgan fingerprint density at radius 2 is 2.00 bits per heavy atom. The topological polar surface area (TPSA) is 53.9 Å². The van der Waals surface area contributed by atoms with Crippen LogP contribution < -0.4 is 5.32 Å². The van der Waals surface area contributed by atoms with Crippen LogP contribution in [0.3, 0.4) is 0 Å². The van der Waals surface area contributed by atoms with E-state index in [2.05, 4.69) is 17.3 Å². The first-order chi connectivity index (χ1) is 9.74. The summed E-state index contributed by atoms with van der Waals surface area (Å²) in [5.41, 5.74) is 0. The van der Waals surface area contributed by atoms with Crippen molar-refractivity contribution in [2.75, 3.05) is 20.3 Å². The first kappa shape index (κ1) is 17.0. The fraction of sp³-hybridized carbons (Fsp3) is 0.867. The molecule has 5 heteroatoms. The Kier molecular flexibility index (Phi) is 9.04. The van der Waals surface area contributed by atoms with Crippen molar-refractivity contribution < 1.29 is 9.53 Å². The molecule has 1 N–H and O–H groups in total. The second-order valence-corrected chi connectivity index (χ2v) is 5.36. The van der Waals surface area contributed by atoms with Gasteiger partial charge in [0.05, 0.1) is 0 Å². The molecule has 1 unspecified atom stereocenters. The quantitative estimate of drug-likeness (QED) is 0.593. The highest BCUT2D eigenvalue weighted by atomic mass is 16.5. The maximum Gasteiger partial charge on any atom is 0.247 e. The summed E-state index contributed by atoms with van der Waals surface area (Å²) in [6.07, 6.45) is 11.4. The van der Waals surface area contributed by atoms with Gasteiger partial charge in [0.1, 0.15) is 12.8 Å². The fourth-order valence-electron chi connectivity index (χ4n) is 2.21. The van der Waals surface area contributed by atoms with Gasteiger partial charge >= 0.3 is 0 Å². The second kappa shape index (κ2) is 10.7. The van der Waals surface area contributed by atoms with Crippen molar-refractivity contribution in [3.8, 4) is 0 Å². The Hall–Kier alpha value is -1.10. The number of carbonyl (C=O) groups is 1. The van der Waals surface area contributed by atoms with E-state index in [1.807, 2.05) is 13.3 Å². The van der Waals surface area contributed by atoms with Crippen molar-refractivity contribution in [1.29, 1.82) is 0 Å². The number of carbonyl (C=O) groups excluding carboxylic acids is 1. The Morgan fingerprint density at radius 1 is 1.30 bits per heavy atom. The van der Waals surface area contributed by atoms with Crippen LogP contribution in [0.15, 0.2) is 5.10 Å².